The summed E-state index contributed by atoms with van der Waals surface area (Å²) in [4.78, 5) is 5.18. The summed E-state index contributed by atoms with van der Waals surface area (Å²) in [6.07, 6.45) is 1.35. The lowest BCUT2D eigenvalue weighted by molar-refractivity contribution is -0.0437. The van der Waals surface area contributed by atoms with E-state index >= 15 is 0 Å². The maximum absolute atomic E-state index is 13.3. The topological polar surface area (TPSA) is 59.0 Å². The molecule has 11 heteroatoms. The molecular formula is C20H19ClF4N2O3S. The molecule has 5 nitrogen and oxygen atoms in total. The van der Waals surface area contributed by atoms with Crippen LogP contribution in [0.1, 0.15) is 26.3 Å². The molecule has 168 valence electrons. The first-order valence-electron chi connectivity index (χ1n) is 8.82. The van der Waals surface area contributed by atoms with Crippen LogP contribution in [-0.2, 0) is 10.0 Å². The van der Waals surface area contributed by atoms with Crippen LogP contribution in [0.4, 0.5) is 23.2 Å². The highest BCUT2D eigenvalue weighted by molar-refractivity contribution is 7.93. The summed E-state index contributed by atoms with van der Waals surface area (Å²) in [5.74, 6) is -0.314. The second-order valence-electron chi connectivity index (χ2n) is 6.65. The third kappa shape index (κ3) is 6.20. The Hall–Kier alpha value is -2.59. The number of sulfonamides is 1. The fourth-order valence-electron chi connectivity index (χ4n) is 2.40. The van der Waals surface area contributed by atoms with Crippen molar-refractivity contribution >= 4 is 33.0 Å². The maximum Gasteiger partial charge on any atom is 0.516 e. The quantitative estimate of drug-likeness (QED) is 0.215. The van der Waals surface area contributed by atoms with Crippen molar-refractivity contribution in [1.29, 1.82) is 0 Å². The minimum absolute atomic E-state index is 0.0181. The van der Waals surface area contributed by atoms with Crippen LogP contribution in [0.3, 0.4) is 0 Å². The van der Waals surface area contributed by atoms with Crippen LogP contribution in [0.2, 0.25) is 5.02 Å². The molecule has 0 aromatic heterocycles. The van der Waals surface area contributed by atoms with Crippen molar-refractivity contribution in [2.24, 2.45) is 5.16 Å². The number of hydrogen-bond donors (Lipinski definition) is 0. The van der Waals surface area contributed by atoms with Gasteiger partial charge < -0.3 is 4.84 Å². The molecule has 0 bridgehead atoms. The van der Waals surface area contributed by atoms with E-state index in [1.165, 1.54) is 37.3 Å². The van der Waals surface area contributed by atoms with Crippen molar-refractivity contribution < 1.29 is 30.8 Å². The van der Waals surface area contributed by atoms with Crippen molar-refractivity contribution in [3.05, 3.63) is 70.5 Å². The van der Waals surface area contributed by atoms with Gasteiger partial charge in [0.1, 0.15) is 5.82 Å². The molecule has 0 N–H and O–H groups in total. The lowest BCUT2D eigenvalue weighted by Crippen LogP contribution is -2.41. The van der Waals surface area contributed by atoms with Crippen LogP contribution >= 0.6 is 11.6 Å². The Morgan fingerprint density at radius 2 is 1.74 bits per heavy atom. The number of hydrogen-bond acceptors (Lipinski definition) is 4. The Morgan fingerprint density at radius 1 is 1.13 bits per heavy atom. The van der Waals surface area contributed by atoms with E-state index in [1.807, 2.05) is 0 Å². The standard InChI is InChI=1S/C20H19ClF4N2O3S/c1-13(2)10-11-27(31(28,29)20(23,24)25)19-9-4-15(21)12-18(19)14(3)26-30-17-7-5-16(22)6-8-17/h4-10,12H,11H2,1-3H3/b26-14+. The fourth-order valence-corrected chi connectivity index (χ4v) is 3.51. The van der Waals surface area contributed by atoms with Crippen molar-refractivity contribution in [1.82, 2.24) is 0 Å². The minimum Gasteiger partial charge on any atom is -0.357 e. The highest BCUT2D eigenvalue weighted by Crippen LogP contribution is 2.34. The van der Waals surface area contributed by atoms with Gasteiger partial charge in [0, 0.05) is 10.6 Å². The van der Waals surface area contributed by atoms with E-state index in [1.54, 1.807) is 13.8 Å². The van der Waals surface area contributed by atoms with Crippen LogP contribution in [-0.4, -0.2) is 26.2 Å². The van der Waals surface area contributed by atoms with E-state index in [0.29, 0.717) is 5.57 Å². The van der Waals surface area contributed by atoms with Gasteiger partial charge in [-0.2, -0.15) is 21.6 Å². The van der Waals surface area contributed by atoms with Gasteiger partial charge in [0.15, 0.2) is 5.75 Å². The Bertz CT molecular complexity index is 1090. The second kappa shape index (κ2) is 9.69. The highest BCUT2D eigenvalue weighted by Gasteiger charge is 2.50. The van der Waals surface area contributed by atoms with Crippen LogP contribution in [0.25, 0.3) is 0 Å². The summed E-state index contributed by atoms with van der Waals surface area (Å²) in [6, 6.07) is 8.61. The SMILES string of the molecule is CC(C)=CCN(c1ccc(Cl)cc1/C(C)=N/Oc1ccc(F)cc1)S(=O)(=O)C(F)(F)F. The van der Waals surface area contributed by atoms with Crippen molar-refractivity contribution in [3.8, 4) is 5.75 Å². The van der Waals surface area contributed by atoms with E-state index in [2.05, 4.69) is 5.16 Å². The van der Waals surface area contributed by atoms with Gasteiger partial charge in [-0.05, 0) is 63.2 Å². The number of nitrogens with zero attached hydrogens (tertiary/aromatic N) is 2. The summed E-state index contributed by atoms with van der Waals surface area (Å²) in [6.45, 7) is 4.12. The van der Waals surface area contributed by atoms with Gasteiger partial charge in [0.25, 0.3) is 0 Å². The van der Waals surface area contributed by atoms with Gasteiger partial charge in [-0.25, -0.2) is 4.39 Å². The van der Waals surface area contributed by atoms with E-state index in [0.717, 1.165) is 18.2 Å². The predicted octanol–water partition coefficient (Wildman–Crippen LogP) is 5.90. The molecule has 2 rings (SSSR count). The Labute approximate surface area is 182 Å². The number of halogens is 5. The molecule has 0 fully saturated rings. The molecule has 0 amide bonds. The van der Waals surface area contributed by atoms with Gasteiger partial charge in [0.2, 0.25) is 0 Å². The molecule has 2 aromatic rings. The van der Waals surface area contributed by atoms with Crippen LogP contribution < -0.4 is 9.14 Å². The van der Waals surface area contributed by atoms with Crippen LogP contribution in [0.15, 0.2) is 59.3 Å². The number of allylic oxidation sites excluding steroid dienone is 1. The van der Waals surface area contributed by atoms with Crippen LogP contribution in [0.5, 0.6) is 5.75 Å². The average Bonchev–Trinajstić information content (AvgIpc) is 2.67. The smallest absolute Gasteiger partial charge is 0.357 e. The third-order valence-corrected chi connectivity index (χ3v) is 5.71. The molecule has 0 saturated heterocycles. The van der Waals surface area contributed by atoms with Crippen molar-refractivity contribution in [3.63, 3.8) is 0 Å². The number of rotatable bonds is 7. The monoisotopic (exact) mass is 478 g/mol. The van der Waals surface area contributed by atoms with Gasteiger partial charge >= 0.3 is 15.5 Å². The molecular weight excluding hydrogens is 460 g/mol. The summed E-state index contributed by atoms with van der Waals surface area (Å²) in [5, 5.41) is 3.99. The number of alkyl halides is 3. The zero-order chi connectivity index (χ0) is 23.4. The van der Waals surface area contributed by atoms with E-state index < -0.39 is 27.9 Å². The van der Waals surface area contributed by atoms with Gasteiger partial charge in [-0.3, -0.25) is 4.31 Å². The van der Waals surface area contributed by atoms with Gasteiger partial charge in [0.05, 0.1) is 17.9 Å². The van der Waals surface area contributed by atoms with Crippen molar-refractivity contribution in [2.75, 3.05) is 10.8 Å². The summed E-state index contributed by atoms with van der Waals surface area (Å²) in [7, 11) is -5.72. The maximum atomic E-state index is 13.3. The fraction of sp³-hybridized carbons (Fsp3) is 0.250. The Kier molecular flexibility index (Phi) is 7.72. The van der Waals surface area contributed by atoms with Gasteiger partial charge in [-0.15, -0.1) is 0 Å². The molecule has 0 aliphatic rings. The molecule has 0 spiro atoms. The first-order chi connectivity index (χ1) is 14.3. The van der Waals surface area contributed by atoms with Gasteiger partial charge in [-0.1, -0.05) is 28.4 Å². The van der Waals surface area contributed by atoms with Crippen molar-refractivity contribution in [2.45, 2.75) is 26.3 Å². The molecule has 2 aromatic carbocycles. The second-order valence-corrected chi connectivity index (χ2v) is 8.94. The molecule has 0 radical (unpaired) electrons. The number of anilines is 1. The van der Waals surface area contributed by atoms with E-state index in [-0.39, 0.29) is 32.0 Å². The molecule has 0 aliphatic carbocycles. The molecule has 0 saturated carbocycles. The zero-order valence-electron chi connectivity index (χ0n) is 16.7. The minimum atomic E-state index is -5.72. The Morgan fingerprint density at radius 3 is 2.29 bits per heavy atom. The zero-order valence-corrected chi connectivity index (χ0v) is 18.3. The average molecular weight is 479 g/mol. The normalized spacial score (nSPS) is 12.5. The first kappa shape index (κ1) is 24.7. The lowest BCUT2D eigenvalue weighted by Gasteiger charge is -2.26. The molecule has 0 atom stereocenters. The van der Waals surface area contributed by atoms with E-state index in [9.17, 15) is 26.0 Å². The molecule has 0 heterocycles. The van der Waals surface area contributed by atoms with Crippen LogP contribution in [0, 0.1) is 5.82 Å². The number of oxime groups is 1. The number of benzene rings is 2. The predicted molar refractivity (Wildman–Crippen MR) is 112 cm³/mol. The summed E-state index contributed by atoms with van der Waals surface area (Å²) < 4.78 is 77.8. The molecule has 0 aliphatic heterocycles. The summed E-state index contributed by atoms with van der Waals surface area (Å²) in [5.41, 5.74) is -5.09. The molecule has 0 unspecified atom stereocenters. The molecule has 31 heavy (non-hydrogen) atoms. The summed E-state index contributed by atoms with van der Waals surface area (Å²) >= 11 is 5.99. The first-order valence-corrected chi connectivity index (χ1v) is 10.6. The van der Waals surface area contributed by atoms with E-state index in [4.69, 9.17) is 16.4 Å². The largest absolute Gasteiger partial charge is 0.516 e. The lowest BCUT2D eigenvalue weighted by atomic mass is 10.1. The Balaban J connectivity index is 2.56. The third-order valence-electron chi connectivity index (χ3n) is 3.97. The highest BCUT2D eigenvalue weighted by atomic mass is 35.5.